The molecule has 0 aliphatic carbocycles. The molecule has 0 saturated carbocycles. The summed E-state index contributed by atoms with van der Waals surface area (Å²) < 4.78 is 56.0. The summed E-state index contributed by atoms with van der Waals surface area (Å²) in [5, 5.41) is 0.346. The molecular formula is C31H30F3NO4. The molecule has 0 amide bonds. The summed E-state index contributed by atoms with van der Waals surface area (Å²) in [5.41, 5.74) is 2.22. The van der Waals surface area contributed by atoms with Crippen molar-refractivity contribution in [2.45, 2.75) is 47.0 Å². The highest BCUT2D eigenvalue weighted by atomic mass is 19.2. The highest BCUT2D eigenvalue weighted by Gasteiger charge is 2.28. The van der Waals surface area contributed by atoms with Gasteiger partial charge in [0.05, 0.1) is 30.7 Å². The molecule has 4 aromatic rings. The normalized spacial score (nSPS) is 11.3. The minimum atomic E-state index is -1.28. The van der Waals surface area contributed by atoms with Crippen molar-refractivity contribution < 1.29 is 32.2 Å². The molecule has 1 heterocycles. The SMILES string of the molecule is CCOC(=O)Cc1c(C(=O)OCC)c2cc(-c3cc(F)c(C)c(F)c3F)ccc2n1-c1ccc(C(C)C)cc1. The molecule has 4 rings (SSSR count). The molecule has 0 unspecified atom stereocenters. The number of halogens is 3. The van der Waals surface area contributed by atoms with Crippen LogP contribution in [0.5, 0.6) is 0 Å². The van der Waals surface area contributed by atoms with E-state index in [1.54, 1.807) is 24.5 Å². The zero-order chi connectivity index (χ0) is 28.4. The monoisotopic (exact) mass is 537 g/mol. The van der Waals surface area contributed by atoms with Gasteiger partial charge >= 0.3 is 11.9 Å². The first-order valence-corrected chi connectivity index (χ1v) is 12.8. The number of rotatable bonds is 8. The number of esters is 2. The number of nitrogens with zero attached hydrogens (tertiary/aromatic N) is 1. The molecular weight excluding hydrogens is 507 g/mol. The second-order valence-electron chi connectivity index (χ2n) is 9.50. The van der Waals surface area contributed by atoms with Crippen LogP contribution in [0, 0.1) is 24.4 Å². The van der Waals surface area contributed by atoms with E-state index in [1.165, 1.54) is 12.1 Å². The van der Waals surface area contributed by atoms with Gasteiger partial charge < -0.3 is 14.0 Å². The van der Waals surface area contributed by atoms with Gasteiger partial charge in [-0.15, -0.1) is 0 Å². The van der Waals surface area contributed by atoms with Gasteiger partial charge in [0.15, 0.2) is 11.6 Å². The predicted molar refractivity (Wildman–Crippen MR) is 144 cm³/mol. The van der Waals surface area contributed by atoms with E-state index >= 15 is 0 Å². The second-order valence-corrected chi connectivity index (χ2v) is 9.50. The minimum Gasteiger partial charge on any atom is -0.466 e. The van der Waals surface area contributed by atoms with Gasteiger partial charge in [-0.1, -0.05) is 32.0 Å². The van der Waals surface area contributed by atoms with E-state index in [4.69, 9.17) is 9.47 Å². The lowest BCUT2D eigenvalue weighted by Crippen LogP contribution is -2.15. The van der Waals surface area contributed by atoms with Crippen molar-refractivity contribution in [3.63, 3.8) is 0 Å². The summed E-state index contributed by atoms with van der Waals surface area (Å²) in [7, 11) is 0. The summed E-state index contributed by atoms with van der Waals surface area (Å²) in [4.78, 5) is 26.0. The first-order valence-electron chi connectivity index (χ1n) is 12.8. The van der Waals surface area contributed by atoms with Gasteiger partial charge in [-0.25, -0.2) is 18.0 Å². The van der Waals surface area contributed by atoms with Gasteiger partial charge in [0.1, 0.15) is 5.82 Å². The molecule has 39 heavy (non-hydrogen) atoms. The van der Waals surface area contributed by atoms with Gasteiger partial charge in [0, 0.05) is 27.9 Å². The van der Waals surface area contributed by atoms with E-state index in [0.717, 1.165) is 18.6 Å². The van der Waals surface area contributed by atoms with E-state index in [0.29, 0.717) is 28.2 Å². The number of benzene rings is 3. The number of hydrogen-bond donors (Lipinski definition) is 0. The van der Waals surface area contributed by atoms with Gasteiger partial charge in [0.2, 0.25) is 0 Å². The second kappa shape index (κ2) is 11.4. The Morgan fingerprint density at radius 1 is 0.897 bits per heavy atom. The Balaban J connectivity index is 2.05. The van der Waals surface area contributed by atoms with Crippen molar-refractivity contribution >= 4 is 22.8 Å². The van der Waals surface area contributed by atoms with Crippen LogP contribution in [0.2, 0.25) is 0 Å². The van der Waals surface area contributed by atoms with Crippen molar-refractivity contribution in [1.29, 1.82) is 0 Å². The summed E-state index contributed by atoms with van der Waals surface area (Å²) in [6, 6.07) is 13.3. The van der Waals surface area contributed by atoms with Crippen molar-refractivity contribution in [2.24, 2.45) is 0 Å². The third kappa shape index (κ3) is 5.28. The Hall–Kier alpha value is -4.07. The lowest BCUT2D eigenvalue weighted by molar-refractivity contribution is -0.142. The lowest BCUT2D eigenvalue weighted by atomic mass is 9.99. The summed E-state index contributed by atoms with van der Waals surface area (Å²) in [6.45, 7) is 8.88. The Kier molecular flexibility index (Phi) is 8.14. The fourth-order valence-corrected chi connectivity index (χ4v) is 4.66. The third-order valence-corrected chi connectivity index (χ3v) is 6.68. The number of aromatic nitrogens is 1. The van der Waals surface area contributed by atoms with E-state index in [2.05, 4.69) is 13.8 Å². The summed E-state index contributed by atoms with van der Waals surface area (Å²) >= 11 is 0. The van der Waals surface area contributed by atoms with E-state index < -0.39 is 35.0 Å². The maximum atomic E-state index is 14.9. The largest absolute Gasteiger partial charge is 0.466 e. The number of hydrogen-bond acceptors (Lipinski definition) is 4. The molecule has 5 nitrogen and oxygen atoms in total. The zero-order valence-corrected chi connectivity index (χ0v) is 22.5. The quantitative estimate of drug-likeness (QED) is 0.173. The molecule has 0 saturated heterocycles. The van der Waals surface area contributed by atoms with Crippen molar-refractivity contribution in [2.75, 3.05) is 13.2 Å². The first kappa shape index (κ1) is 28.0. The van der Waals surface area contributed by atoms with Crippen LogP contribution >= 0.6 is 0 Å². The topological polar surface area (TPSA) is 57.5 Å². The summed E-state index contributed by atoms with van der Waals surface area (Å²) in [5.74, 6) is -4.29. The fraction of sp³-hybridized carbons (Fsp3) is 0.290. The van der Waals surface area contributed by atoms with Crippen LogP contribution in [0.1, 0.15) is 60.8 Å². The molecule has 8 heteroatoms. The maximum Gasteiger partial charge on any atom is 0.340 e. The maximum absolute atomic E-state index is 14.9. The molecule has 0 aliphatic rings. The molecule has 0 fully saturated rings. The zero-order valence-electron chi connectivity index (χ0n) is 22.5. The Labute approximate surface area is 225 Å². The highest BCUT2D eigenvalue weighted by Crippen LogP contribution is 2.36. The van der Waals surface area contributed by atoms with E-state index in [-0.39, 0.29) is 36.3 Å². The fourth-order valence-electron chi connectivity index (χ4n) is 4.66. The highest BCUT2D eigenvalue weighted by molar-refractivity contribution is 6.08. The van der Waals surface area contributed by atoms with Crippen LogP contribution in [-0.2, 0) is 20.7 Å². The Morgan fingerprint density at radius 2 is 1.56 bits per heavy atom. The number of ether oxygens (including phenoxy) is 2. The third-order valence-electron chi connectivity index (χ3n) is 6.68. The molecule has 0 spiro atoms. The van der Waals surface area contributed by atoms with Crippen LogP contribution in [0.4, 0.5) is 13.2 Å². The van der Waals surface area contributed by atoms with Crippen LogP contribution in [0.15, 0.2) is 48.5 Å². The molecule has 0 atom stereocenters. The standard InChI is InChI=1S/C31H30F3NO4/c1-6-38-27(36)16-26-28(31(37)39-7-2)23-14-20(22-15-24(32)18(5)29(33)30(22)34)10-13-25(23)35(26)21-11-8-19(9-12-21)17(3)4/h8-15,17H,6-7,16H2,1-5H3. The first-order chi connectivity index (χ1) is 18.6. The van der Waals surface area contributed by atoms with Crippen LogP contribution in [0.3, 0.4) is 0 Å². The Bertz CT molecular complexity index is 1560. The lowest BCUT2D eigenvalue weighted by Gasteiger charge is -2.14. The van der Waals surface area contributed by atoms with Gasteiger partial charge in [-0.3, -0.25) is 4.79 Å². The van der Waals surface area contributed by atoms with Gasteiger partial charge in [-0.05, 0) is 68.1 Å². The van der Waals surface area contributed by atoms with Crippen molar-refractivity contribution in [3.8, 4) is 16.8 Å². The number of carbonyl (C=O) groups is 2. The van der Waals surface area contributed by atoms with Crippen LogP contribution in [0.25, 0.3) is 27.7 Å². The molecule has 0 N–H and O–H groups in total. The predicted octanol–water partition coefficient (Wildman–Crippen LogP) is 7.43. The van der Waals surface area contributed by atoms with Crippen molar-refractivity contribution in [3.05, 3.63) is 88.4 Å². The Morgan fingerprint density at radius 3 is 2.18 bits per heavy atom. The molecule has 1 aromatic heterocycles. The number of fused-ring (bicyclic) bond motifs is 1. The van der Waals surface area contributed by atoms with Crippen LogP contribution < -0.4 is 0 Å². The minimum absolute atomic E-state index is 0.0795. The number of carbonyl (C=O) groups excluding carboxylic acids is 2. The molecule has 3 aromatic carbocycles. The smallest absolute Gasteiger partial charge is 0.340 e. The average Bonchev–Trinajstić information content (AvgIpc) is 3.22. The van der Waals surface area contributed by atoms with Gasteiger partial charge in [-0.2, -0.15) is 0 Å². The van der Waals surface area contributed by atoms with E-state index in [9.17, 15) is 22.8 Å². The van der Waals surface area contributed by atoms with Gasteiger partial charge in [0.25, 0.3) is 0 Å². The molecule has 0 radical (unpaired) electrons. The summed E-state index contributed by atoms with van der Waals surface area (Å²) in [6.07, 6.45) is -0.236. The molecule has 0 bridgehead atoms. The molecule has 204 valence electrons. The molecule has 0 aliphatic heterocycles. The average molecular weight is 538 g/mol. The van der Waals surface area contributed by atoms with Crippen molar-refractivity contribution in [1.82, 2.24) is 4.57 Å². The van der Waals surface area contributed by atoms with Crippen LogP contribution in [-0.4, -0.2) is 29.7 Å². The van der Waals surface area contributed by atoms with E-state index in [1.807, 2.05) is 24.3 Å².